The third-order valence-electron chi connectivity index (χ3n) is 4.09. The standard InChI is InChI=1S/C18H20N6O5/c1-11(25)28-16-14(21-23-19)8-9-15(22-24-20)17(29-12(2)26)18(16)27-10-13-6-4-3-5-7-13/h3-9,14-18H,10H2,1-2H3/t14-,15+,16+,17-,18?. The fourth-order valence-electron chi connectivity index (χ4n) is 2.96. The number of rotatable bonds is 7. The fourth-order valence-corrected chi connectivity index (χ4v) is 2.96. The molecule has 152 valence electrons. The number of carbonyl (C=O) groups is 2. The van der Waals surface area contributed by atoms with Crippen molar-refractivity contribution >= 4 is 11.9 Å². The predicted molar refractivity (Wildman–Crippen MR) is 101 cm³/mol. The van der Waals surface area contributed by atoms with Crippen LogP contribution in [0.3, 0.4) is 0 Å². The number of benzene rings is 1. The van der Waals surface area contributed by atoms with E-state index in [1.54, 1.807) is 0 Å². The molecule has 0 fully saturated rings. The third kappa shape index (κ3) is 6.25. The van der Waals surface area contributed by atoms with Crippen LogP contribution in [0.5, 0.6) is 0 Å². The summed E-state index contributed by atoms with van der Waals surface area (Å²) < 4.78 is 16.7. The second kappa shape index (κ2) is 10.7. The van der Waals surface area contributed by atoms with E-state index in [0.717, 1.165) is 5.56 Å². The lowest BCUT2D eigenvalue weighted by Gasteiger charge is -2.34. The smallest absolute Gasteiger partial charge is 0.303 e. The Hall–Kier alpha value is -3.52. The minimum atomic E-state index is -1.10. The molecule has 0 amide bonds. The summed E-state index contributed by atoms with van der Waals surface area (Å²) in [5, 5.41) is 7.31. The zero-order valence-electron chi connectivity index (χ0n) is 15.9. The van der Waals surface area contributed by atoms with Crippen LogP contribution in [0.4, 0.5) is 0 Å². The van der Waals surface area contributed by atoms with Crippen molar-refractivity contribution in [2.45, 2.75) is 50.8 Å². The van der Waals surface area contributed by atoms with Crippen molar-refractivity contribution in [3.8, 4) is 0 Å². The summed E-state index contributed by atoms with van der Waals surface area (Å²) in [5.74, 6) is -1.28. The normalized spacial score (nSPS) is 25.7. The van der Waals surface area contributed by atoms with Crippen LogP contribution in [-0.2, 0) is 30.4 Å². The van der Waals surface area contributed by atoms with E-state index in [0.29, 0.717) is 0 Å². The summed E-state index contributed by atoms with van der Waals surface area (Å²) in [6.45, 7) is 2.48. The number of azide groups is 2. The highest BCUT2D eigenvalue weighted by Gasteiger charge is 2.44. The molecule has 5 atom stereocenters. The number of hydrogen-bond donors (Lipinski definition) is 0. The van der Waals surface area contributed by atoms with E-state index >= 15 is 0 Å². The summed E-state index contributed by atoms with van der Waals surface area (Å²) in [6, 6.07) is 7.23. The molecule has 0 bridgehead atoms. The van der Waals surface area contributed by atoms with Crippen molar-refractivity contribution in [3.63, 3.8) is 0 Å². The van der Waals surface area contributed by atoms with E-state index in [1.807, 2.05) is 30.3 Å². The zero-order chi connectivity index (χ0) is 21.2. The van der Waals surface area contributed by atoms with Crippen molar-refractivity contribution in [2.75, 3.05) is 0 Å². The molecule has 1 unspecified atom stereocenters. The van der Waals surface area contributed by atoms with Crippen LogP contribution in [0, 0.1) is 0 Å². The molecular weight excluding hydrogens is 380 g/mol. The van der Waals surface area contributed by atoms with Crippen molar-refractivity contribution in [1.82, 2.24) is 0 Å². The Kier molecular flexibility index (Phi) is 8.05. The van der Waals surface area contributed by atoms with Gasteiger partial charge in [0.1, 0.15) is 18.3 Å². The van der Waals surface area contributed by atoms with Gasteiger partial charge in [0.2, 0.25) is 0 Å². The average Bonchev–Trinajstić information content (AvgIpc) is 2.80. The van der Waals surface area contributed by atoms with Crippen molar-refractivity contribution < 1.29 is 23.8 Å². The Labute approximate surface area is 166 Å². The van der Waals surface area contributed by atoms with E-state index in [1.165, 1.54) is 26.0 Å². The maximum atomic E-state index is 11.7. The highest BCUT2D eigenvalue weighted by atomic mass is 16.6. The Morgan fingerprint density at radius 1 is 0.897 bits per heavy atom. The molecule has 2 rings (SSSR count). The van der Waals surface area contributed by atoms with Gasteiger partial charge in [-0.05, 0) is 16.6 Å². The Morgan fingerprint density at radius 2 is 1.38 bits per heavy atom. The lowest BCUT2D eigenvalue weighted by atomic mass is 10.0. The van der Waals surface area contributed by atoms with Gasteiger partial charge in [0.15, 0.2) is 0 Å². The predicted octanol–water partition coefficient (Wildman–Crippen LogP) is 3.36. The zero-order valence-corrected chi connectivity index (χ0v) is 15.9. The number of esters is 2. The molecule has 11 heteroatoms. The number of ether oxygens (including phenoxy) is 3. The van der Waals surface area contributed by atoms with Crippen LogP contribution in [0.2, 0.25) is 0 Å². The lowest BCUT2D eigenvalue weighted by Crippen LogP contribution is -2.50. The highest BCUT2D eigenvalue weighted by molar-refractivity contribution is 5.67. The van der Waals surface area contributed by atoms with Crippen LogP contribution >= 0.6 is 0 Å². The van der Waals surface area contributed by atoms with Crippen LogP contribution in [0.1, 0.15) is 19.4 Å². The van der Waals surface area contributed by atoms with Crippen LogP contribution in [0.25, 0.3) is 20.9 Å². The second-order valence-electron chi connectivity index (χ2n) is 6.19. The first-order chi connectivity index (χ1) is 14.0. The van der Waals surface area contributed by atoms with Crippen LogP contribution in [-0.4, -0.2) is 42.3 Å². The van der Waals surface area contributed by atoms with Gasteiger partial charge in [0.05, 0.1) is 18.7 Å². The largest absolute Gasteiger partial charge is 0.459 e. The monoisotopic (exact) mass is 400 g/mol. The Bertz CT molecular complexity index is 800. The molecule has 1 aliphatic rings. The van der Waals surface area contributed by atoms with E-state index < -0.39 is 42.3 Å². The second-order valence-corrected chi connectivity index (χ2v) is 6.19. The van der Waals surface area contributed by atoms with Gasteiger partial charge in [-0.1, -0.05) is 52.7 Å². The molecule has 11 nitrogen and oxygen atoms in total. The maximum absolute atomic E-state index is 11.7. The molecule has 0 aromatic heterocycles. The van der Waals surface area contributed by atoms with E-state index in [4.69, 9.17) is 25.3 Å². The van der Waals surface area contributed by atoms with Crippen molar-refractivity contribution in [1.29, 1.82) is 0 Å². The topological polar surface area (TPSA) is 159 Å². The first kappa shape index (κ1) is 21.8. The number of hydrogen-bond acceptors (Lipinski definition) is 7. The van der Waals surface area contributed by atoms with E-state index in [-0.39, 0.29) is 6.61 Å². The summed E-state index contributed by atoms with van der Waals surface area (Å²) in [6.07, 6.45) is -0.397. The minimum Gasteiger partial charge on any atom is -0.459 e. The molecule has 0 aliphatic heterocycles. The lowest BCUT2D eigenvalue weighted by molar-refractivity contribution is -0.177. The molecule has 0 N–H and O–H groups in total. The Morgan fingerprint density at radius 3 is 1.79 bits per heavy atom. The molecule has 1 aliphatic carbocycles. The number of carbonyl (C=O) groups excluding carboxylic acids is 2. The van der Waals surface area contributed by atoms with Gasteiger partial charge in [0.25, 0.3) is 0 Å². The Balaban J connectivity index is 2.48. The highest BCUT2D eigenvalue weighted by Crippen LogP contribution is 2.28. The first-order valence-corrected chi connectivity index (χ1v) is 8.73. The molecule has 1 aromatic carbocycles. The van der Waals surface area contributed by atoms with Gasteiger partial charge < -0.3 is 14.2 Å². The number of nitrogens with zero attached hydrogens (tertiary/aromatic N) is 6. The molecule has 0 saturated heterocycles. The van der Waals surface area contributed by atoms with E-state index in [2.05, 4.69) is 20.1 Å². The van der Waals surface area contributed by atoms with Crippen LogP contribution in [0.15, 0.2) is 52.7 Å². The molecule has 0 radical (unpaired) electrons. The molecule has 0 saturated carbocycles. The maximum Gasteiger partial charge on any atom is 0.303 e. The van der Waals surface area contributed by atoms with Gasteiger partial charge in [-0.2, -0.15) is 0 Å². The molecule has 0 heterocycles. The van der Waals surface area contributed by atoms with Gasteiger partial charge in [-0.3, -0.25) is 9.59 Å². The summed E-state index contributed by atoms with van der Waals surface area (Å²) in [5.41, 5.74) is 18.6. The fraction of sp³-hybridized carbons (Fsp3) is 0.444. The van der Waals surface area contributed by atoms with Gasteiger partial charge >= 0.3 is 11.9 Å². The molecular formula is C18H20N6O5. The minimum absolute atomic E-state index is 0.0903. The average molecular weight is 400 g/mol. The van der Waals surface area contributed by atoms with Gasteiger partial charge in [-0.15, -0.1) is 0 Å². The van der Waals surface area contributed by atoms with E-state index in [9.17, 15) is 9.59 Å². The van der Waals surface area contributed by atoms with Crippen molar-refractivity contribution in [2.24, 2.45) is 10.2 Å². The first-order valence-electron chi connectivity index (χ1n) is 8.73. The summed E-state index contributed by atoms with van der Waals surface area (Å²) in [4.78, 5) is 29.0. The SMILES string of the molecule is CC(=O)O[C@@H]1C(OCc2ccccc2)[C@H](OC(C)=O)[C@@H](N=[N+]=[N-])C=C[C@H]1N=[N+]=[N-]. The molecule has 29 heavy (non-hydrogen) atoms. The van der Waals surface area contributed by atoms with Gasteiger partial charge in [0, 0.05) is 23.7 Å². The van der Waals surface area contributed by atoms with Gasteiger partial charge in [-0.25, -0.2) is 0 Å². The third-order valence-corrected chi connectivity index (χ3v) is 4.09. The molecule has 1 aromatic rings. The summed E-state index contributed by atoms with van der Waals surface area (Å²) >= 11 is 0. The van der Waals surface area contributed by atoms with Crippen molar-refractivity contribution in [3.05, 3.63) is 68.9 Å². The quantitative estimate of drug-likeness (QED) is 0.225. The van der Waals surface area contributed by atoms with Crippen LogP contribution < -0.4 is 0 Å². The molecule has 0 spiro atoms. The summed E-state index contributed by atoms with van der Waals surface area (Å²) in [7, 11) is 0.